The molecule has 0 aliphatic carbocycles. The van der Waals surface area contributed by atoms with Gasteiger partial charge < -0.3 is 9.84 Å². The van der Waals surface area contributed by atoms with Gasteiger partial charge in [-0.2, -0.15) is 9.66 Å². The predicted molar refractivity (Wildman–Crippen MR) is 59.0 cm³/mol. The van der Waals surface area contributed by atoms with E-state index in [1.54, 1.807) is 26.8 Å². The molecule has 0 spiro atoms. The minimum atomic E-state index is -1.07. The van der Waals surface area contributed by atoms with Gasteiger partial charge in [-0.3, -0.25) is 4.79 Å². The molecule has 0 heterocycles. The summed E-state index contributed by atoms with van der Waals surface area (Å²) in [5.74, 6) is -2.24. The number of hydrogen-bond donors (Lipinski definition) is 1. The molecule has 0 saturated carbocycles. The van der Waals surface area contributed by atoms with Gasteiger partial charge in [-0.1, -0.05) is 0 Å². The standard InChI is InChI=1S/C9H12N2O4S/c1-9(2,3)15-8(14)6(4-10)11-16-5-7(12)13/h5H2,1-3H3,(H,12,13)/b11-6+. The van der Waals surface area contributed by atoms with Gasteiger partial charge in [0.15, 0.2) is 0 Å². The van der Waals surface area contributed by atoms with E-state index in [9.17, 15) is 9.59 Å². The van der Waals surface area contributed by atoms with Gasteiger partial charge in [-0.05, 0) is 32.7 Å². The van der Waals surface area contributed by atoms with Gasteiger partial charge in [0, 0.05) is 0 Å². The molecule has 1 N–H and O–H groups in total. The second-order valence-electron chi connectivity index (χ2n) is 3.72. The monoisotopic (exact) mass is 244 g/mol. The third-order valence-electron chi connectivity index (χ3n) is 1.04. The summed E-state index contributed by atoms with van der Waals surface area (Å²) >= 11 is 0.613. The van der Waals surface area contributed by atoms with E-state index in [2.05, 4.69) is 4.40 Å². The SMILES string of the molecule is CC(C)(C)OC(=O)/C(C#N)=N/SCC(=O)O. The van der Waals surface area contributed by atoms with Crippen LogP contribution in [0.25, 0.3) is 0 Å². The number of carbonyl (C=O) groups is 2. The molecule has 0 radical (unpaired) electrons. The fourth-order valence-corrected chi connectivity index (χ4v) is 1.00. The predicted octanol–water partition coefficient (Wildman–Crippen LogP) is 1.03. The topological polar surface area (TPSA) is 99.8 Å². The van der Waals surface area contributed by atoms with Gasteiger partial charge in [0.25, 0.3) is 0 Å². The maximum absolute atomic E-state index is 11.3. The lowest BCUT2D eigenvalue weighted by atomic mass is 10.2. The zero-order valence-corrected chi connectivity index (χ0v) is 10.00. The van der Waals surface area contributed by atoms with Crippen molar-refractivity contribution >= 4 is 29.6 Å². The van der Waals surface area contributed by atoms with Crippen molar-refractivity contribution in [1.82, 2.24) is 0 Å². The van der Waals surface area contributed by atoms with E-state index in [1.807, 2.05) is 0 Å². The summed E-state index contributed by atoms with van der Waals surface area (Å²) in [4.78, 5) is 21.5. The smallest absolute Gasteiger partial charge is 0.369 e. The average Bonchev–Trinajstić information content (AvgIpc) is 2.08. The first kappa shape index (κ1) is 14.5. The van der Waals surface area contributed by atoms with Crippen LogP contribution in [0.5, 0.6) is 0 Å². The van der Waals surface area contributed by atoms with Crippen LogP contribution < -0.4 is 0 Å². The summed E-state index contributed by atoms with van der Waals surface area (Å²) in [5, 5.41) is 17.0. The number of rotatable bonds is 4. The Morgan fingerprint density at radius 3 is 2.44 bits per heavy atom. The molecule has 16 heavy (non-hydrogen) atoms. The van der Waals surface area contributed by atoms with Gasteiger partial charge in [-0.15, -0.1) is 0 Å². The van der Waals surface area contributed by atoms with E-state index in [0.717, 1.165) is 0 Å². The fourth-order valence-electron chi connectivity index (χ4n) is 0.582. The van der Waals surface area contributed by atoms with Crippen molar-refractivity contribution < 1.29 is 19.4 Å². The average molecular weight is 244 g/mol. The minimum absolute atomic E-state index is 0.312. The van der Waals surface area contributed by atoms with Gasteiger partial charge in [-0.25, -0.2) is 4.79 Å². The molecule has 7 heteroatoms. The molecular weight excluding hydrogens is 232 g/mol. The van der Waals surface area contributed by atoms with E-state index in [1.165, 1.54) is 0 Å². The van der Waals surface area contributed by atoms with Crippen LogP contribution in [0.15, 0.2) is 4.40 Å². The molecule has 6 nitrogen and oxygen atoms in total. The van der Waals surface area contributed by atoms with E-state index in [0.29, 0.717) is 11.9 Å². The molecule has 0 aliphatic heterocycles. The van der Waals surface area contributed by atoms with Crippen LogP contribution in [0.4, 0.5) is 0 Å². The second kappa shape index (κ2) is 6.12. The first-order valence-electron chi connectivity index (χ1n) is 4.31. The highest BCUT2D eigenvalue weighted by molar-refractivity contribution is 7.98. The van der Waals surface area contributed by atoms with Crippen molar-refractivity contribution in [1.29, 1.82) is 5.26 Å². The summed E-state index contributed by atoms with van der Waals surface area (Å²) in [6.07, 6.45) is 0. The highest BCUT2D eigenvalue weighted by atomic mass is 32.2. The Labute approximate surface area is 97.4 Å². The Morgan fingerprint density at radius 2 is 2.06 bits per heavy atom. The molecule has 0 aromatic carbocycles. The van der Waals surface area contributed by atoms with Crippen LogP contribution in [-0.4, -0.2) is 34.1 Å². The molecule has 0 amide bonds. The third kappa shape index (κ3) is 6.84. The Kier molecular flexibility index (Phi) is 5.53. The largest absolute Gasteiger partial charge is 0.481 e. The molecule has 88 valence electrons. The van der Waals surface area contributed by atoms with Crippen LogP contribution in [0.1, 0.15) is 20.8 Å². The van der Waals surface area contributed by atoms with Crippen molar-refractivity contribution in [2.45, 2.75) is 26.4 Å². The van der Waals surface area contributed by atoms with Crippen molar-refractivity contribution in [3.63, 3.8) is 0 Å². The van der Waals surface area contributed by atoms with E-state index in [-0.39, 0.29) is 5.75 Å². The number of aliphatic carboxylic acids is 1. The van der Waals surface area contributed by atoms with E-state index >= 15 is 0 Å². The lowest BCUT2D eigenvalue weighted by molar-refractivity contribution is -0.146. The summed E-state index contributed by atoms with van der Waals surface area (Å²) in [7, 11) is 0. The molecule has 0 aromatic rings. The summed E-state index contributed by atoms with van der Waals surface area (Å²) in [6, 6.07) is 1.56. The number of carboxylic acid groups (broad SMARTS) is 1. The highest BCUT2D eigenvalue weighted by Crippen LogP contribution is 2.09. The fraction of sp³-hybridized carbons (Fsp3) is 0.556. The van der Waals surface area contributed by atoms with Crippen LogP contribution in [0.3, 0.4) is 0 Å². The Morgan fingerprint density at radius 1 is 1.50 bits per heavy atom. The van der Waals surface area contributed by atoms with Crippen LogP contribution in [-0.2, 0) is 14.3 Å². The molecule has 0 unspecified atom stereocenters. The highest BCUT2D eigenvalue weighted by Gasteiger charge is 2.21. The van der Waals surface area contributed by atoms with Gasteiger partial charge in [0.05, 0.1) is 0 Å². The lowest BCUT2D eigenvalue weighted by Gasteiger charge is -2.18. The first-order chi connectivity index (χ1) is 7.26. The summed E-state index contributed by atoms with van der Waals surface area (Å²) in [5.41, 5.74) is -1.16. The summed E-state index contributed by atoms with van der Waals surface area (Å²) < 4.78 is 8.38. The zero-order valence-electron chi connectivity index (χ0n) is 9.18. The molecule has 0 aromatic heterocycles. The van der Waals surface area contributed by atoms with Gasteiger partial charge in [0.2, 0.25) is 5.71 Å². The number of ether oxygens (including phenoxy) is 1. The van der Waals surface area contributed by atoms with Crippen molar-refractivity contribution in [2.24, 2.45) is 4.40 Å². The molecule has 0 fully saturated rings. The van der Waals surface area contributed by atoms with E-state index < -0.39 is 23.3 Å². The van der Waals surface area contributed by atoms with Crippen molar-refractivity contribution in [3.05, 3.63) is 0 Å². The Balaban J connectivity index is 4.45. The van der Waals surface area contributed by atoms with E-state index in [4.69, 9.17) is 15.1 Å². The first-order valence-corrected chi connectivity index (χ1v) is 5.25. The number of nitriles is 1. The zero-order chi connectivity index (χ0) is 12.8. The molecule has 0 saturated heterocycles. The van der Waals surface area contributed by atoms with Crippen LogP contribution >= 0.6 is 11.9 Å². The maximum atomic E-state index is 11.3. The lowest BCUT2D eigenvalue weighted by Crippen LogP contribution is -2.28. The van der Waals surface area contributed by atoms with Gasteiger partial charge in [0.1, 0.15) is 17.4 Å². The van der Waals surface area contributed by atoms with Gasteiger partial charge >= 0.3 is 11.9 Å². The molecule has 0 rings (SSSR count). The quantitative estimate of drug-likeness (QED) is 0.450. The number of esters is 1. The molecule has 0 atom stereocenters. The normalized spacial score (nSPS) is 11.8. The third-order valence-corrected chi connectivity index (χ3v) is 1.73. The van der Waals surface area contributed by atoms with Crippen molar-refractivity contribution in [3.8, 4) is 6.07 Å². The second-order valence-corrected chi connectivity index (χ2v) is 4.45. The number of nitrogens with zero attached hydrogens (tertiary/aromatic N) is 2. The Hall–Kier alpha value is -1.55. The minimum Gasteiger partial charge on any atom is -0.481 e. The number of hydrogen-bond acceptors (Lipinski definition) is 6. The number of carboxylic acids is 1. The Bertz CT molecular complexity index is 352. The molecule has 0 aliphatic rings. The van der Waals surface area contributed by atoms with Crippen LogP contribution in [0, 0.1) is 11.3 Å². The molecular formula is C9H12N2O4S. The van der Waals surface area contributed by atoms with Crippen molar-refractivity contribution in [2.75, 3.05) is 5.75 Å². The molecule has 0 bridgehead atoms. The summed E-state index contributed by atoms with van der Waals surface area (Å²) in [6.45, 7) is 4.97. The number of carbonyl (C=O) groups excluding carboxylic acids is 1. The van der Waals surface area contributed by atoms with Crippen LogP contribution in [0.2, 0.25) is 0 Å². The maximum Gasteiger partial charge on any atom is 0.369 e.